The Morgan fingerprint density at radius 1 is 1.43 bits per heavy atom. The molecule has 4 aliphatic rings. The quantitative estimate of drug-likeness (QED) is 0.781. The van der Waals surface area contributed by atoms with Crippen molar-refractivity contribution in [1.29, 1.82) is 0 Å². The van der Waals surface area contributed by atoms with Gasteiger partial charge in [0.1, 0.15) is 5.60 Å². The molecular weight excluding hydrogens is 354 g/mol. The molecule has 4 fully saturated rings. The molecule has 28 heavy (non-hydrogen) atoms. The number of anilines is 1. The molecular formula is C21H31N5O2. The summed E-state index contributed by atoms with van der Waals surface area (Å²) in [6.45, 7) is 13.7. The lowest BCUT2D eigenvalue weighted by atomic mass is 9.54. The van der Waals surface area contributed by atoms with Crippen molar-refractivity contribution in [2.75, 3.05) is 37.7 Å². The molecule has 4 unspecified atom stereocenters. The van der Waals surface area contributed by atoms with Crippen molar-refractivity contribution >= 4 is 11.3 Å². The van der Waals surface area contributed by atoms with E-state index < -0.39 is 5.60 Å². The number of aryl methyl sites for hydroxylation is 1. The number of hydrogen-bond acceptors (Lipinski definition) is 6. The molecule has 7 heteroatoms. The molecule has 0 radical (unpaired) electrons. The normalized spacial score (nSPS) is 33.6. The largest absolute Gasteiger partial charge is 0.396 e. The van der Waals surface area contributed by atoms with Gasteiger partial charge in [0.2, 0.25) is 0 Å². The Morgan fingerprint density at radius 3 is 2.86 bits per heavy atom. The molecule has 1 saturated carbocycles. The Kier molecular flexibility index (Phi) is 4.72. The van der Waals surface area contributed by atoms with Crippen LogP contribution in [-0.4, -0.2) is 52.6 Å². The SMILES string of the molecule is C=C.Cc1cc(N2CCC(C)C2)cn2nc(C34CC(CN)(CO3)C4CO)nc12. The maximum Gasteiger partial charge on any atom is 0.183 e. The van der Waals surface area contributed by atoms with E-state index >= 15 is 0 Å². The van der Waals surface area contributed by atoms with Gasteiger partial charge in [-0.25, -0.2) is 9.50 Å². The van der Waals surface area contributed by atoms with Crippen LogP contribution >= 0.6 is 0 Å². The highest BCUT2D eigenvalue weighted by molar-refractivity contribution is 5.57. The van der Waals surface area contributed by atoms with Crippen molar-refractivity contribution in [2.24, 2.45) is 23.0 Å². The van der Waals surface area contributed by atoms with Gasteiger partial charge >= 0.3 is 0 Å². The van der Waals surface area contributed by atoms with Crippen molar-refractivity contribution < 1.29 is 9.84 Å². The van der Waals surface area contributed by atoms with Crippen LogP contribution in [0.3, 0.4) is 0 Å². The summed E-state index contributed by atoms with van der Waals surface area (Å²) in [4.78, 5) is 7.23. The lowest BCUT2D eigenvalue weighted by Crippen LogP contribution is -2.58. The first-order valence-electron chi connectivity index (χ1n) is 10.1. The van der Waals surface area contributed by atoms with Crippen LogP contribution < -0.4 is 10.6 Å². The number of aliphatic hydroxyl groups excluding tert-OH is 1. The monoisotopic (exact) mass is 385 g/mol. The first-order valence-corrected chi connectivity index (χ1v) is 10.1. The molecule has 0 amide bonds. The number of pyridine rings is 1. The van der Waals surface area contributed by atoms with Crippen LogP contribution in [0.15, 0.2) is 25.4 Å². The topological polar surface area (TPSA) is 88.9 Å². The standard InChI is InChI=1S/C19H27N5O2.C2H4/c1-12-3-4-23(6-12)14-5-13(2)16-21-17(22-24(16)7-14)19-9-18(10-20,11-26-19)15(19)8-25;1-2/h5,7,12,15,25H,3-4,6,8-11,20H2,1-2H3;1-2H2. The average Bonchev–Trinajstić information content (AvgIpc) is 3.44. The van der Waals surface area contributed by atoms with Crippen LogP contribution in [0, 0.1) is 24.2 Å². The van der Waals surface area contributed by atoms with Gasteiger partial charge in [0, 0.05) is 37.6 Å². The van der Waals surface area contributed by atoms with Crippen LogP contribution in [0.1, 0.15) is 31.2 Å². The summed E-state index contributed by atoms with van der Waals surface area (Å²) in [6, 6.07) is 2.20. The average molecular weight is 386 g/mol. The van der Waals surface area contributed by atoms with E-state index in [9.17, 15) is 5.11 Å². The molecule has 6 rings (SSSR count). The molecule has 5 heterocycles. The lowest BCUT2D eigenvalue weighted by Gasteiger charge is -2.50. The van der Waals surface area contributed by atoms with E-state index in [0.717, 1.165) is 36.6 Å². The molecule has 0 aromatic carbocycles. The highest BCUT2D eigenvalue weighted by Crippen LogP contribution is 2.65. The van der Waals surface area contributed by atoms with Gasteiger partial charge in [0.05, 0.1) is 18.5 Å². The maximum absolute atomic E-state index is 9.93. The van der Waals surface area contributed by atoms with Crippen LogP contribution in [0.25, 0.3) is 5.65 Å². The fourth-order valence-corrected chi connectivity index (χ4v) is 5.28. The molecule has 3 saturated heterocycles. The van der Waals surface area contributed by atoms with E-state index in [1.165, 1.54) is 12.1 Å². The third-order valence-corrected chi connectivity index (χ3v) is 6.89. The summed E-state index contributed by atoms with van der Waals surface area (Å²) in [6.07, 6.45) is 4.11. The Hall–Kier alpha value is -1.96. The maximum atomic E-state index is 9.93. The van der Waals surface area contributed by atoms with Crippen LogP contribution in [0.5, 0.6) is 0 Å². The summed E-state index contributed by atoms with van der Waals surface area (Å²) in [5.41, 5.74) is 8.45. The smallest absolute Gasteiger partial charge is 0.183 e. The summed E-state index contributed by atoms with van der Waals surface area (Å²) in [5.74, 6) is 1.40. The molecule has 7 nitrogen and oxygen atoms in total. The first kappa shape index (κ1) is 19.4. The van der Waals surface area contributed by atoms with Crippen LogP contribution in [-0.2, 0) is 10.3 Å². The van der Waals surface area contributed by atoms with E-state index in [2.05, 4.69) is 44.2 Å². The number of rotatable bonds is 4. The van der Waals surface area contributed by atoms with Crippen LogP contribution in [0.2, 0.25) is 0 Å². The molecule has 4 atom stereocenters. The summed E-state index contributed by atoms with van der Waals surface area (Å²) in [5, 5.41) is 14.7. The van der Waals surface area contributed by atoms with Crippen molar-refractivity contribution in [3.05, 3.63) is 36.8 Å². The number of nitrogens with two attached hydrogens (primary N) is 1. The highest BCUT2D eigenvalue weighted by Gasteiger charge is 2.71. The molecule has 2 aromatic heterocycles. The lowest BCUT2D eigenvalue weighted by molar-refractivity contribution is -0.112. The Balaban J connectivity index is 0.000000932. The zero-order chi connectivity index (χ0) is 20.1. The van der Waals surface area contributed by atoms with Gasteiger partial charge in [0.25, 0.3) is 0 Å². The minimum atomic E-state index is -0.575. The van der Waals surface area contributed by atoms with Gasteiger partial charge in [-0.05, 0) is 37.3 Å². The number of aromatic nitrogens is 3. The van der Waals surface area contributed by atoms with E-state index in [-0.39, 0.29) is 17.9 Å². The number of ether oxygens (including phenoxy) is 1. The zero-order valence-electron chi connectivity index (χ0n) is 16.9. The Labute approximate surface area is 166 Å². The molecule has 3 N–H and O–H groups in total. The fraction of sp³-hybridized carbons (Fsp3) is 0.619. The van der Waals surface area contributed by atoms with Crippen molar-refractivity contribution in [1.82, 2.24) is 14.6 Å². The van der Waals surface area contributed by atoms with Crippen LogP contribution in [0.4, 0.5) is 5.69 Å². The second-order valence-electron chi connectivity index (χ2n) is 8.58. The predicted molar refractivity (Wildman–Crippen MR) is 109 cm³/mol. The minimum absolute atomic E-state index is 0.0170. The number of hydrogen-bond donors (Lipinski definition) is 2. The van der Waals surface area contributed by atoms with Gasteiger partial charge in [-0.3, -0.25) is 0 Å². The molecule has 152 valence electrons. The molecule has 1 aliphatic carbocycles. The molecule has 0 spiro atoms. The van der Waals surface area contributed by atoms with Gasteiger partial charge in [-0.1, -0.05) is 6.92 Å². The minimum Gasteiger partial charge on any atom is -0.396 e. The van der Waals surface area contributed by atoms with E-state index in [1.807, 2.05) is 4.52 Å². The third kappa shape index (κ3) is 2.53. The van der Waals surface area contributed by atoms with Crippen molar-refractivity contribution in [3.8, 4) is 0 Å². The second-order valence-corrected chi connectivity index (χ2v) is 8.58. The van der Waals surface area contributed by atoms with Gasteiger partial charge in [-0.15, -0.1) is 18.3 Å². The second kappa shape index (κ2) is 6.83. The summed E-state index contributed by atoms with van der Waals surface area (Å²) in [7, 11) is 0. The summed E-state index contributed by atoms with van der Waals surface area (Å²) < 4.78 is 8.01. The predicted octanol–water partition coefficient (Wildman–Crippen LogP) is 1.87. The number of fused-ring (bicyclic) bond motifs is 2. The molecule has 2 bridgehead atoms. The van der Waals surface area contributed by atoms with Gasteiger partial charge < -0.3 is 20.5 Å². The molecule has 3 aliphatic heterocycles. The van der Waals surface area contributed by atoms with E-state index in [1.54, 1.807) is 0 Å². The van der Waals surface area contributed by atoms with E-state index in [4.69, 9.17) is 20.6 Å². The first-order chi connectivity index (χ1) is 13.5. The number of nitrogens with zero attached hydrogens (tertiary/aromatic N) is 4. The summed E-state index contributed by atoms with van der Waals surface area (Å²) >= 11 is 0. The number of aliphatic hydroxyl groups is 1. The van der Waals surface area contributed by atoms with E-state index in [0.29, 0.717) is 19.0 Å². The fourth-order valence-electron chi connectivity index (χ4n) is 5.28. The van der Waals surface area contributed by atoms with Crippen molar-refractivity contribution in [3.63, 3.8) is 0 Å². The van der Waals surface area contributed by atoms with Gasteiger partial charge in [0.15, 0.2) is 11.5 Å². The Morgan fingerprint density at radius 2 is 2.21 bits per heavy atom. The highest BCUT2D eigenvalue weighted by atomic mass is 16.5. The molecule has 2 aromatic rings. The third-order valence-electron chi connectivity index (χ3n) is 6.89. The Bertz CT molecular complexity index is 883. The zero-order valence-corrected chi connectivity index (χ0v) is 16.9. The van der Waals surface area contributed by atoms with Crippen molar-refractivity contribution in [2.45, 2.75) is 32.3 Å². The van der Waals surface area contributed by atoms with Gasteiger partial charge in [-0.2, -0.15) is 0 Å².